The van der Waals surface area contributed by atoms with E-state index in [1.165, 1.54) is 18.4 Å². The molecule has 3 N–H and O–H groups in total. The van der Waals surface area contributed by atoms with E-state index in [1.807, 2.05) is 25.1 Å². The zero-order valence-corrected chi connectivity index (χ0v) is 12.8. The Labute approximate surface area is 124 Å². The van der Waals surface area contributed by atoms with Gasteiger partial charge in [-0.05, 0) is 43.0 Å². The molecule has 94 valence electrons. The molecule has 0 unspecified atom stereocenters. The Kier molecular flexibility index (Phi) is 5.52. The highest BCUT2D eigenvalue weighted by Gasteiger charge is 2.21. The highest BCUT2D eigenvalue weighted by Crippen LogP contribution is 2.18. The molecule has 1 aliphatic carbocycles. The molecule has 1 saturated carbocycles. The SMILES string of the molecule is Cc1ccc(Cl)cc1CN=C(N)NC1CC1.I. The van der Waals surface area contributed by atoms with Gasteiger partial charge in [0, 0.05) is 11.1 Å². The van der Waals surface area contributed by atoms with Crippen LogP contribution in [0.15, 0.2) is 23.2 Å². The average molecular weight is 366 g/mol. The van der Waals surface area contributed by atoms with Crippen LogP contribution in [-0.4, -0.2) is 12.0 Å². The summed E-state index contributed by atoms with van der Waals surface area (Å²) in [6, 6.07) is 6.36. The van der Waals surface area contributed by atoms with Crippen molar-refractivity contribution in [2.24, 2.45) is 10.7 Å². The number of aryl methyl sites for hydroxylation is 1. The van der Waals surface area contributed by atoms with Gasteiger partial charge in [-0.2, -0.15) is 0 Å². The lowest BCUT2D eigenvalue weighted by Gasteiger charge is -2.05. The summed E-state index contributed by atoms with van der Waals surface area (Å²) in [5.41, 5.74) is 8.06. The Morgan fingerprint density at radius 1 is 1.53 bits per heavy atom. The summed E-state index contributed by atoms with van der Waals surface area (Å²) in [6.45, 7) is 2.63. The number of benzene rings is 1. The molecule has 1 aromatic rings. The largest absolute Gasteiger partial charge is 0.370 e. The van der Waals surface area contributed by atoms with Crippen molar-refractivity contribution in [3.8, 4) is 0 Å². The van der Waals surface area contributed by atoms with Gasteiger partial charge in [-0.25, -0.2) is 4.99 Å². The van der Waals surface area contributed by atoms with E-state index in [-0.39, 0.29) is 24.0 Å². The minimum atomic E-state index is 0. The molecular weight excluding hydrogens is 349 g/mol. The van der Waals surface area contributed by atoms with Crippen LogP contribution in [0.5, 0.6) is 0 Å². The molecule has 0 atom stereocenters. The van der Waals surface area contributed by atoms with E-state index >= 15 is 0 Å². The first-order valence-electron chi connectivity index (χ1n) is 5.46. The molecule has 0 aromatic heterocycles. The maximum Gasteiger partial charge on any atom is 0.189 e. The van der Waals surface area contributed by atoms with Gasteiger partial charge in [0.25, 0.3) is 0 Å². The molecule has 17 heavy (non-hydrogen) atoms. The molecule has 0 amide bonds. The topological polar surface area (TPSA) is 50.4 Å². The average Bonchev–Trinajstić information content (AvgIpc) is 3.03. The Bertz CT molecular complexity index is 416. The van der Waals surface area contributed by atoms with Crippen LogP contribution in [-0.2, 0) is 6.54 Å². The van der Waals surface area contributed by atoms with Crippen LogP contribution in [0.4, 0.5) is 0 Å². The Hall–Kier alpha value is -0.490. The first-order valence-corrected chi connectivity index (χ1v) is 5.84. The van der Waals surface area contributed by atoms with Gasteiger partial charge >= 0.3 is 0 Å². The molecule has 3 nitrogen and oxygen atoms in total. The van der Waals surface area contributed by atoms with Crippen LogP contribution in [0.3, 0.4) is 0 Å². The summed E-state index contributed by atoms with van der Waals surface area (Å²) in [7, 11) is 0. The number of guanidine groups is 1. The van der Waals surface area contributed by atoms with Gasteiger partial charge in [0.1, 0.15) is 0 Å². The number of nitrogens with zero attached hydrogens (tertiary/aromatic N) is 1. The molecule has 0 saturated heterocycles. The van der Waals surface area contributed by atoms with Crippen LogP contribution in [0.25, 0.3) is 0 Å². The lowest BCUT2D eigenvalue weighted by atomic mass is 10.1. The molecule has 1 aromatic carbocycles. The third-order valence-corrected chi connectivity index (χ3v) is 2.90. The Balaban J connectivity index is 0.00000144. The van der Waals surface area contributed by atoms with Gasteiger partial charge in [-0.15, -0.1) is 24.0 Å². The molecule has 0 radical (unpaired) electrons. The van der Waals surface area contributed by atoms with Gasteiger partial charge in [0.05, 0.1) is 6.54 Å². The van der Waals surface area contributed by atoms with E-state index in [1.54, 1.807) is 0 Å². The highest BCUT2D eigenvalue weighted by atomic mass is 127. The molecular formula is C12H17ClIN3. The number of nitrogens with one attached hydrogen (secondary N) is 1. The number of hydrogen-bond acceptors (Lipinski definition) is 1. The monoisotopic (exact) mass is 365 g/mol. The zero-order chi connectivity index (χ0) is 11.5. The van der Waals surface area contributed by atoms with Gasteiger partial charge < -0.3 is 11.1 Å². The third kappa shape index (κ3) is 4.71. The number of aliphatic imine (C=N–C) groups is 1. The van der Waals surface area contributed by atoms with E-state index in [2.05, 4.69) is 10.3 Å². The van der Waals surface area contributed by atoms with Crippen molar-refractivity contribution in [3.63, 3.8) is 0 Å². The lowest BCUT2D eigenvalue weighted by Crippen LogP contribution is -2.33. The van der Waals surface area contributed by atoms with Crippen molar-refractivity contribution in [1.82, 2.24) is 5.32 Å². The van der Waals surface area contributed by atoms with Gasteiger partial charge in [-0.1, -0.05) is 17.7 Å². The van der Waals surface area contributed by atoms with Gasteiger partial charge in [0.2, 0.25) is 0 Å². The zero-order valence-electron chi connectivity index (χ0n) is 9.74. The summed E-state index contributed by atoms with van der Waals surface area (Å²) in [5.74, 6) is 0.530. The molecule has 1 fully saturated rings. The smallest absolute Gasteiger partial charge is 0.189 e. The van der Waals surface area contributed by atoms with Crippen LogP contribution < -0.4 is 11.1 Å². The number of halogens is 2. The molecule has 2 rings (SSSR count). The molecule has 1 aliphatic rings. The maximum absolute atomic E-state index is 5.93. The molecule has 0 heterocycles. The summed E-state index contributed by atoms with van der Waals surface area (Å²) in [5, 5.41) is 3.89. The van der Waals surface area contributed by atoms with E-state index < -0.39 is 0 Å². The Morgan fingerprint density at radius 2 is 2.24 bits per heavy atom. The van der Waals surface area contributed by atoms with Crippen LogP contribution in [0, 0.1) is 6.92 Å². The molecule has 0 aliphatic heterocycles. The quantitative estimate of drug-likeness (QED) is 0.492. The Morgan fingerprint density at radius 3 is 2.88 bits per heavy atom. The van der Waals surface area contributed by atoms with Crippen molar-refractivity contribution in [2.45, 2.75) is 32.4 Å². The lowest BCUT2D eigenvalue weighted by molar-refractivity contribution is 0.878. The molecule has 0 bridgehead atoms. The summed E-state index contributed by atoms with van der Waals surface area (Å²) >= 11 is 5.93. The second-order valence-electron chi connectivity index (χ2n) is 4.19. The normalized spacial score (nSPS) is 15.3. The van der Waals surface area contributed by atoms with E-state index in [0.717, 1.165) is 10.6 Å². The van der Waals surface area contributed by atoms with E-state index in [9.17, 15) is 0 Å². The van der Waals surface area contributed by atoms with Crippen molar-refractivity contribution in [3.05, 3.63) is 34.3 Å². The fourth-order valence-corrected chi connectivity index (χ4v) is 1.66. The third-order valence-electron chi connectivity index (χ3n) is 2.66. The fourth-order valence-electron chi connectivity index (χ4n) is 1.46. The second kappa shape index (κ2) is 6.44. The summed E-state index contributed by atoms with van der Waals surface area (Å²) in [4.78, 5) is 4.30. The summed E-state index contributed by atoms with van der Waals surface area (Å²) < 4.78 is 0. The van der Waals surface area contributed by atoms with Crippen LogP contribution in [0.2, 0.25) is 5.02 Å². The van der Waals surface area contributed by atoms with Gasteiger partial charge in [0.15, 0.2) is 5.96 Å². The van der Waals surface area contributed by atoms with Gasteiger partial charge in [-0.3, -0.25) is 0 Å². The summed E-state index contributed by atoms with van der Waals surface area (Å²) in [6.07, 6.45) is 2.40. The number of rotatable bonds is 3. The minimum absolute atomic E-state index is 0. The first kappa shape index (κ1) is 14.6. The molecule has 5 heteroatoms. The number of hydrogen-bond donors (Lipinski definition) is 2. The van der Waals surface area contributed by atoms with Crippen molar-refractivity contribution < 1.29 is 0 Å². The standard InChI is InChI=1S/C12H16ClN3.HI/c1-8-2-3-10(13)6-9(8)7-15-12(14)16-11-4-5-11;/h2-3,6,11H,4-5,7H2,1H3,(H3,14,15,16);1H. The minimum Gasteiger partial charge on any atom is -0.370 e. The van der Waals surface area contributed by atoms with Crippen LogP contribution >= 0.6 is 35.6 Å². The van der Waals surface area contributed by atoms with E-state index in [0.29, 0.717) is 18.5 Å². The highest BCUT2D eigenvalue weighted by molar-refractivity contribution is 14.0. The second-order valence-corrected chi connectivity index (χ2v) is 4.63. The number of nitrogens with two attached hydrogens (primary N) is 1. The predicted molar refractivity (Wildman–Crippen MR) is 83.1 cm³/mol. The van der Waals surface area contributed by atoms with Crippen molar-refractivity contribution in [2.75, 3.05) is 0 Å². The maximum atomic E-state index is 5.93. The first-order chi connectivity index (χ1) is 7.65. The van der Waals surface area contributed by atoms with Crippen molar-refractivity contribution in [1.29, 1.82) is 0 Å². The van der Waals surface area contributed by atoms with Crippen molar-refractivity contribution >= 4 is 41.5 Å². The van der Waals surface area contributed by atoms with Crippen LogP contribution in [0.1, 0.15) is 24.0 Å². The predicted octanol–water partition coefficient (Wildman–Crippen LogP) is 2.83. The fraction of sp³-hybridized carbons (Fsp3) is 0.417. The van der Waals surface area contributed by atoms with E-state index in [4.69, 9.17) is 17.3 Å². The molecule has 0 spiro atoms.